The van der Waals surface area contributed by atoms with E-state index in [-0.39, 0.29) is 6.03 Å². The summed E-state index contributed by atoms with van der Waals surface area (Å²) in [7, 11) is 0. The quantitative estimate of drug-likeness (QED) is 0.680. The van der Waals surface area contributed by atoms with Gasteiger partial charge in [0.15, 0.2) is 6.33 Å². The van der Waals surface area contributed by atoms with Gasteiger partial charge in [-0.2, -0.15) is 4.98 Å². The van der Waals surface area contributed by atoms with Crippen LogP contribution in [0.25, 0.3) is 0 Å². The van der Waals surface area contributed by atoms with Crippen molar-refractivity contribution in [2.24, 2.45) is 0 Å². The van der Waals surface area contributed by atoms with Gasteiger partial charge in [0.1, 0.15) is 0 Å². The molecule has 1 aromatic rings. The number of hydrogen-bond donors (Lipinski definition) is 2. The van der Waals surface area contributed by atoms with Gasteiger partial charge in [-0.15, -0.1) is 0 Å². The van der Waals surface area contributed by atoms with Crippen molar-refractivity contribution in [2.45, 2.75) is 26.2 Å². The van der Waals surface area contributed by atoms with E-state index in [9.17, 15) is 4.79 Å². The first-order chi connectivity index (χ1) is 7.33. The molecule has 0 aliphatic heterocycles. The van der Waals surface area contributed by atoms with Crippen LogP contribution in [0.5, 0.6) is 0 Å². The molecule has 6 heteroatoms. The average molecular weight is 212 g/mol. The minimum absolute atomic E-state index is 0.150. The van der Waals surface area contributed by atoms with Crippen molar-refractivity contribution in [3.05, 3.63) is 12.2 Å². The van der Waals surface area contributed by atoms with E-state index in [1.807, 2.05) is 0 Å². The van der Waals surface area contributed by atoms with E-state index in [1.54, 1.807) is 0 Å². The molecule has 15 heavy (non-hydrogen) atoms. The second-order valence-electron chi connectivity index (χ2n) is 3.12. The van der Waals surface area contributed by atoms with Gasteiger partial charge in [-0.25, -0.2) is 4.79 Å². The van der Waals surface area contributed by atoms with E-state index in [0.717, 1.165) is 12.8 Å². The Morgan fingerprint density at radius 2 is 2.27 bits per heavy atom. The lowest BCUT2D eigenvalue weighted by atomic mass is 10.3. The zero-order valence-corrected chi connectivity index (χ0v) is 8.82. The summed E-state index contributed by atoms with van der Waals surface area (Å²) in [5.41, 5.74) is 0. The van der Waals surface area contributed by atoms with Gasteiger partial charge in [0.2, 0.25) is 5.89 Å². The summed E-state index contributed by atoms with van der Waals surface area (Å²) in [5, 5.41) is 8.92. The smallest absolute Gasteiger partial charge is 0.314 e. The first-order valence-corrected chi connectivity index (χ1v) is 5.10. The monoisotopic (exact) mass is 212 g/mol. The first-order valence-electron chi connectivity index (χ1n) is 5.10. The summed E-state index contributed by atoms with van der Waals surface area (Å²) in [6.45, 7) is 3.29. The molecule has 0 bridgehead atoms. The number of urea groups is 1. The van der Waals surface area contributed by atoms with Crippen molar-refractivity contribution in [3.8, 4) is 0 Å². The first kappa shape index (κ1) is 11.5. The minimum atomic E-state index is -0.150. The molecule has 0 saturated carbocycles. The Balaban J connectivity index is 2.02. The van der Waals surface area contributed by atoms with Crippen molar-refractivity contribution >= 4 is 6.03 Å². The third-order valence-electron chi connectivity index (χ3n) is 1.85. The molecule has 84 valence electrons. The van der Waals surface area contributed by atoms with Gasteiger partial charge in [-0.1, -0.05) is 18.5 Å². The number of nitrogens with one attached hydrogen (secondary N) is 2. The Labute approximate surface area is 88.4 Å². The molecular formula is C9H16N4O2. The Morgan fingerprint density at radius 3 is 2.93 bits per heavy atom. The summed E-state index contributed by atoms with van der Waals surface area (Å²) < 4.78 is 4.78. The maximum atomic E-state index is 11.2. The molecule has 0 aliphatic rings. The molecule has 2 amide bonds. The van der Waals surface area contributed by atoms with Crippen LogP contribution < -0.4 is 10.6 Å². The van der Waals surface area contributed by atoms with E-state index in [0.29, 0.717) is 25.4 Å². The van der Waals surface area contributed by atoms with Gasteiger partial charge >= 0.3 is 6.03 Å². The molecule has 0 fully saturated rings. The SMILES string of the molecule is CCCCNC(=O)NCCc1ncno1. The number of carbonyl (C=O) groups is 1. The molecule has 1 rings (SSSR count). The largest absolute Gasteiger partial charge is 0.340 e. The van der Waals surface area contributed by atoms with E-state index >= 15 is 0 Å². The van der Waals surface area contributed by atoms with Crippen LogP contribution in [-0.2, 0) is 6.42 Å². The maximum absolute atomic E-state index is 11.2. The molecule has 0 spiro atoms. The minimum Gasteiger partial charge on any atom is -0.340 e. The summed E-state index contributed by atoms with van der Waals surface area (Å²) >= 11 is 0. The standard InChI is InChI=1S/C9H16N4O2/c1-2-3-5-10-9(14)11-6-4-8-12-7-13-15-8/h7H,2-6H2,1H3,(H2,10,11,14). The molecule has 0 saturated heterocycles. The highest BCUT2D eigenvalue weighted by Gasteiger charge is 2.01. The Bertz CT molecular complexity index is 274. The van der Waals surface area contributed by atoms with Gasteiger partial charge < -0.3 is 15.2 Å². The Kier molecular flexibility index (Phi) is 5.21. The fraction of sp³-hybridized carbons (Fsp3) is 0.667. The summed E-state index contributed by atoms with van der Waals surface area (Å²) in [4.78, 5) is 15.0. The topological polar surface area (TPSA) is 80.0 Å². The summed E-state index contributed by atoms with van der Waals surface area (Å²) in [5.74, 6) is 0.531. The third kappa shape index (κ3) is 4.99. The third-order valence-corrected chi connectivity index (χ3v) is 1.85. The van der Waals surface area contributed by atoms with E-state index in [1.165, 1.54) is 6.33 Å². The predicted octanol–water partition coefficient (Wildman–Crippen LogP) is 0.711. The van der Waals surface area contributed by atoms with Crippen LogP contribution in [0.3, 0.4) is 0 Å². The average Bonchev–Trinajstić information content (AvgIpc) is 2.71. The van der Waals surface area contributed by atoms with Crippen molar-refractivity contribution in [1.82, 2.24) is 20.8 Å². The zero-order valence-electron chi connectivity index (χ0n) is 8.82. The lowest BCUT2D eigenvalue weighted by molar-refractivity contribution is 0.240. The van der Waals surface area contributed by atoms with E-state index in [4.69, 9.17) is 4.52 Å². The number of hydrogen-bond acceptors (Lipinski definition) is 4. The van der Waals surface area contributed by atoms with Gasteiger partial charge in [0.05, 0.1) is 0 Å². The molecule has 0 aliphatic carbocycles. The Morgan fingerprint density at radius 1 is 1.47 bits per heavy atom. The van der Waals surface area contributed by atoms with Gasteiger partial charge in [-0.05, 0) is 6.42 Å². The molecular weight excluding hydrogens is 196 g/mol. The number of aromatic nitrogens is 2. The molecule has 1 heterocycles. The fourth-order valence-electron chi connectivity index (χ4n) is 1.03. The Hall–Kier alpha value is -1.59. The number of nitrogens with zero attached hydrogens (tertiary/aromatic N) is 2. The van der Waals surface area contributed by atoms with Crippen molar-refractivity contribution < 1.29 is 9.32 Å². The fourth-order valence-corrected chi connectivity index (χ4v) is 1.03. The van der Waals surface area contributed by atoms with Crippen LogP contribution in [0.4, 0.5) is 4.79 Å². The number of carbonyl (C=O) groups excluding carboxylic acids is 1. The van der Waals surface area contributed by atoms with E-state index in [2.05, 4.69) is 27.7 Å². The predicted molar refractivity (Wildman–Crippen MR) is 54.3 cm³/mol. The van der Waals surface area contributed by atoms with Crippen LogP contribution in [-0.4, -0.2) is 29.3 Å². The molecule has 0 radical (unpaired) electrons. The lowest BCUT2D eigenvalue weighted by Gasteiger charge is -2.05. The second kappa shape index (κ2) is 6.80. The van der Waals surface area contributed by atoms with Crippen LogP contribution in [0.15, 0.2) is 10.9 Å². The van der Waals surface area contributed by atoms with Crippen molar-refractivity contribution in [3.63, 3.8) is 0 Å². The molecule has 0 atom stereocenters. The second-order valence-corrected chi connectivity index (χ2v) is 3.12. The molecule has 1 aromatic heterocycles. The molecule has 2 N–H and O–H groups in total. The zero-order chi connectivity index (χ0) is 10.9. The number of unbranched alkanes of at least 4 members (excludes halogenated alkanes) is 1. The van der Waals surface area contributed by atoms with Crippen molar-refractivity contribution in [1.29, 1.82) is 0 Å². The van der Waals surface area contributed by atoms with Crippen LogP contribution in [0, 0.1) is 0 Å². The molecule has 0 unspecified atom stereocenters. The summed E-state index contributed by atoms with van der Waals surface area (Å²) in [6, 6.07) is -0.150. The highest BCUT2D eigenvalue weighted by molar-refractivity contribution is 5.73. The lowest BCUT2D eigenvalue weighted by Crippen LogP contribution is -2.37. The maximum Gasteiger partial charge on any atom is 0.314 e. The number of amides is 2. The van der Waals surface area contributed by atoms with Gasteiger partial charge in [-0.3, -0.25) is 0 Å². The van der Waals surface area contributed by atoms with Gasteiger partial charge in [0, 0.05) is 19.5 Å². The highest BCUT2D eigenvalue weighted by atomic mass is 16.5. The molecule has 6 nitrogen and oxygen atoms in total. The molecule has 0 aromatic carbocycles. The van der Waals surface area contributed by atoms with Crippen molar-refractivity contribution in [2.75, 3.05) is 13.1 Å². The van der Waals surface area contributed by atoms with Crippen LogP contribution >= 0.6 is 0 Å². The number of rotatable bonds is 6. The van der Waals surface area contributed by atoms with Crippen LogP contribution in [0.2, 0.25) is 0 Å². The van der Waals surface area contributed by atoms with E-state index < -0.39 is 0 Å². The van der Waals surface area contributed by atoms with Gasteiger partial charge in [0.25, 0.3) is 0 Å². The summed E-state index contributed by atoms with van der Waals surface area (Å²) in [6.07, 6.45) is 3.97. The highest BCUT2D eigenvalue weighted by Crippen LogP contribution is 1.90. The van der Waals surface area contributed by atoms with Crippen LogP contribution in [0.1, 0.15) is 25.7 Å². The normalized spacial score (nSPS) is 9.93.